The van der Waals surface area contributed by atoms with Crippen LogP contribution >= 0.6 is 15.9 Å². The van der Waals surface area contributed by atoms with E-state index in [0.29, 0.717) is 6.04 Å². The van der Waals surface area contributed by atoms with E-state index in [2.05, 4.69) is 65.2 Å². The first-order valence-corrected chi connectivity index (χ1v) is 9.15. The van der Waals surface area contributed by atoms with Gasteiger partial charge >= 0.3 is 0 Å². The highest BCUT2D eigenvalue weighted by molar-refractivity contribution is 9.10. The van der Waals surface area contributed by atoms with Gasteiger partial charge in [-0.25, -0.2) is 0 Å². The number of nitrogens with one attached hydrogen (secondary N) is 1. The van der Waals surface area contributed by atoms with Crippen LogP contribution in [-0.2, 0) is 0 Å². The van der Waals surface area contributed by atoms with Gasteiger partial charge in [0.25, 0.3) is 0 Å². The van der Waals surface area contributed by atoms with Crippen LogP contribution in [0.1, 0.15) is 57.6 Å². The Kier molecular flexibility index (Phi) is 6.56. The summed E-state index contributed by atoms with van der Waals surface area (Å²) in [5.74, 6) is 0.880. The van der Waals surface area contributed by atoms with Crippen molar-refractivity contribution in [2.75, 3.05) is 25.0 Å². The van der Waals surface area contributed by atoms with Crippen LogP contribution < -0.4 is 10.2 Å². The zero-order valence-electron chi connectivity index (χ0n) is 13.7. The molecule has 3 heteroatoms. The number of rotatable bonds is 7. The molecule has 2 nitrogen and oxygen atoms in total. The first kappa shape index (κ1) is 16.8. The van der Waals surface area contributed by atoms with E-state index in [-0.39, 0.29) is 0 Å². The van der Waals surface area contributed by atoms with Crippen molar-refractivity contribution in [3.63, 3.8) is 0 Å². The second kappa shape index (κ2) is 8.19. The fourth-order valence-electron chi connectivity index (χ4n) is 3.37. The molecule has 1 aliphatic carbocycles. The summed E-state index contributed by atoms with van der Waals surface area (Å²) >= 11 is 3.62. The van der Waals surface area contributed by atoms with E-state index < -0.39 is 0 Å². The Morgan fingerprint density at radius 3 is 2.71 bits per heavy atom. The molecule has 1 atom stereocenters. The predicted molar refractivity (Wildman–Crippen MR) is 96.1 cm³/mol. The summed E-state index contributed by atoms with van der Waals surface area (Å²) in [5.41, 5.74) is 2.78. The Bertz CT molecular complexity index is 441. The maximum Gasteiger partial charge on any atom is 0.0412 e. The topological polar surface area (TPSA) is 15.3 Å². The normalized spacial score (nSPS) is 17.1. The molecular formula is C18H29BrN2. The van der Waals surface area contributed by atoms with Gasteiger partial charge in [0.05, 0.1) is 0 Å². The Morgan fingerprint density at radius 2 is 2.05 bits per heavy atom. The predicted octanol–water partition coefficient (Wildman–Crippen LogP) is 5.14. The van der Waals surface area contributed by atoms with Crippen LogP contribution in [-0.4, -0.2) is 20.1 Å². The summed E-state index contributed by atoms with van der Waals surface area (Å²) in [6.07, 6.45) is 6.81. The van der Waals surface area contributed by atoms with E-state index in [9.17, 15) is 0 Å². The Hall–Kier alpha value is -0.540. The molecular weight excluding hydrogens is 324 g/mol. The highest BCUT2D eigenvalue weighted by atomic mass is 79.9. The van der Waals surface area contributed by atoms with Gasteiger partial charge in [-0.1, -0.05) is 35.7 Å². The van der Waals surface area contributed by atoms with Crippen molar-refractivity contribution in [3.05, 3.63) is 28.2 Å². The molecule has 2 rings (SSSR count). The number of halogens is 1. The molecule has 0 saturated heterocycles. The SMILES string of the molecule is CCCNC(C)c1cc(Br)ccc1N(C)CC1CCCC1. The highest BCUT2D eigenvalue weighted by Gasteiger charge is 2.19. The molecule has 0 amide bonds. The van der Waals surface area contributed by atoms with Gasteiger partial charge in [0.1, 0.15) is 0 Å². The third kappa shape index (κ3) is 4.72. The lowest BCUT2D eigenvalue weighted by Crippen LogP contribution is -2.27. The fourth-order valence-corrected chi connectivity index (χ4v) is 3.75. The van der Waals surface area contributed by atoms with Gasteiger partial charge in [-0.2, -0.15) is 0 Å². The van der Waals surface area contributed by atoms with Crippen molar-refractivity contribution in [2.45, 2.75) is 52.0 Å². The average Bonchev–Trinajstić information content (AvgIpc) is 2.97. The first-order valence-electron chi connectivity index (χ1n) is 8.35. The quantitative estimate of drug-likeness (QED) is 0.730. The van der Waals surface area contributed by atoms with Gasteiger partial charge in [-0.05, 0) is 62.4 Å². The molecule has 1 fully saturated rings. The second-order valence-electron chi connectivity index (χ2n) is 6.41. The van der Waals surface area contributed by atoms with E-state index >= 15 is 0 Å². The summed E-state index contributed by atoms with van der Waals surface area (Å²) in [7, 11) is 2.25. The Balaban J connectivity index is 2.12. The standard InChI is InChI=1S/C18H29BrN2/c1-4-11-20-14(2)17-12-16(19)9-10-18(17)21(3)13-15-7-5-6-8-15/h9-10,12,14-15,20H,4-8,11,13H2,1-3H3. The first-order chi connectivity index (χ1) is 10.1. The number of hydrogen-bond donors (Lipinski definition) is 1. The van der Waals surface area contributed by atoms with Crippen molar-refractivity contribution < 1.29 is 0 Å². The molecule has 1 saturated carbocycles. The van der Waals surface area contributed by atoms with Crippen molar-refractivity contribution in [3.8, 4) is 0 Å². The zero-order valence-corrected chi connectivity index (χ0v) is 15.2. The number of nitrogens with zero attached hydrogens (tertiary/aromatic N) is 1. The number of anilines is 1. The van der Waals surface area contributed by atoms with Crippen LogP contribution in [0.25, 0.3) is 0 Å². The largest absolute Gasteiger partial charge is 0.374 e. The highest BCUT2D eigenvalue weighted by Crippen LogP contribution is 2.32. The van der Waals surface area contributed by atoms with Crippen molar-refractivity contribution in [2.24, 2.45) is 5.92 Å². The van der Waals surface area contributed by atoms with E-state index in [1.807, 2.05) is 0 Å². The van der Waals surface area contributed by atoms with Crippen LogP contribution in [0.5, 0.6) is 0 Å². The average molecular weight is 353 g/mol. The number of hydrogen-bond acceptors (Lipinski definition) is 2. The molecule has 0 bridgehead atoms. The minimum Gasteiger partial charge on any atom is -0.374 e. The summed E-state index contributed by atoms with van der Waals surface area (Å²) in [5, 5.41) is 3.62. The van der Waals surface area contributed by atoms with Crippen LogP contribution in [0, 0.1) is 5.92 Å². The lowest BCUT2D eigenvalue weighted by Gasteiger charge is -2.28. The van der Waals surface area contributed by atoms with E-state index in [0.717, 1.165) is 12.5 Å². The molecule has 21 heavy (non-hydrogen) atoms. The third-order valence-corrected chi connectivity index (χ3v) is 5.07. The summed E-state index contributed by atoms with van der Waals surface area (Å²) in [6.45, 7) is 6.74. The zero-order chi connectivity index (χ0) is 15.2. The molecule has 1 aromatic rings. The fraction of sp³-hybridized carbons (Fsp3) is 0.667. The molecule has 1 N–H and O–H groups in total. The monoisotopic (exact) mass is 352 g/mol. The molecule has 0 heterocycles. The minimum atomic E-state index is 0.392. The minimum absolute atomic E-state index is 0.392. The molecule has 0 radical (unpaired) electrons. The van der Waals surface area contributed by atoms with Gasteiger partial charge in [0.15, 0.2) is 0 Å². The number of benzene rings is 1. The molecule has 0 aromatic heterocycles. The van der Waals surface area contributed by atoms with Gasteiger partial charge in [0, 0.05) is 29.8 Å². The van der Waals surface area contributed by atoms with Crippen LogP contribution in [0.15, 0.2) is 22.7 Å². The molecule has 1 unspecified atom stereocenters. The molecule has 0 aliphatic heterocycles. The second-order valence-corrected chi connectivity index (χ2v) is 7.33. The Morgan fingerprint density at radius 1 is 1.33 bits per heavy atom. The van der Waals surface area contributed by atoms with Crippen molar-refractivity contribution in [1.29, 1.82) is 0 Å². The summed E-state index contributed by atoms with van der Waals surface area (Å²) < 4.78 is 1.17. The maximum atomic E-state index is 3.62. The van der Waals surface area contributed by atoms with E-state index in [4.69, 9.17) is 0 Å². The van der Waals surface area contributed by atoms with Gasteiger partial charge in [0.2, 0.25) is 0 Å². The van der Waals surface area contributed by atoms with Gasteiger partial charge < -0.3 is 10.2 Å². The smallest absolute Gasteiger partial charge is 0.0412 e. The van der Waals surface area contributed by atoms with Crippen molar-refractivity contribution in [1.82, 2.24) is 5.32 Å². The lowest BCUT2D eigenvalue weighted by molar-refractivity contribution is 0.540. The maximum absolute atomic E-state index is 3.62. The van der Waals surface area contributed by atoms with Crippen LogP contribution in [0.3, 0.4) is 0 Å². The van der Waals surface area contributed by atoms with Crippen LogP contribution in [0.2, 0.25) is 0 Å². The van der Waals surface area contributed by atoms with Crippen LogP contribution in [0.4, 0.5) is 5.69 Å². The molecule has 1 aromatic carbocycles. The summed E-state index contributed by atoms with van der Waals surface area (Å²) in [4.78, 5) is 2.46. The molecule has 0 spiro atoms. The Labute approximate surface area is 138 Å². The van der Waals surface area contributed by atoms with E-state index in [1.165, 1.54) is 54.4 Å². The lowest BCUT2D eigenvalue weighted by atomic mass is 10.0. The van der Waals surface area contributed by atoms with E-state index in [1.54, 1.807) is 0 Å². The summed E-state index contributed by atoms with van der Waals surface area (Å²) in [6, 6.07) is 7.09. The third-order valence-electron chi connectivity index (χ3n) is 4.57. The van der Waals surface area contributed by atoms with Gasteiger partial charge in [-0.15, -0.1) is 0 Å². The molecule has 1 aliphatic rings. The van der Waals surface area contributed by atoms with Crippen molar-refractivity contribution >= 4 is 21.6 Å². The molecule has 118 valence electrons. The van der Waals surface area contributed by atoms with Gasteiger partial charge in [-0.3, -0.25) is 0 Å².